The number of rotatable bonds is 2. The SMILES string of the molecule is CC(C)(C)c1ccc2c(c1)B1c3c(cc(-c4ccc5nc6c7[c-]cccc7c7ccccc7n6c5c4)cc3-n3c4ccc(C(C)(C)C)cc4c4cc(C(C)(C)C)cc1c43)S2.Cc1cnc(-c2[c-]cc(F)cc2)cc1C.[Ir]. The van der Waals surface area contributed by atoms with Crippen LogP contribution in [0.25, 0.3) is 88.2 Å². The molecule has 377 valence electrons. The molecule has 8 aromatic carbocycles. The van der Waals surface area contributed by atoms with Gasteiger partial charge in [0.25, 0.3) is 0 Å². The molecule has 0 saturated carbocycles. The van der Waals surface area contributed by atoms with E-state index >= 15 is 0 Å². The summed E-state index contributed by atoms with van der Waals surface area (Å²) < 4.78 is 17.7. The second kappa shape index (κ2) is 17.9. The van der Waals surface area contributed by atoms with Crippen LogP contribution in [0.4, 0.5) is 4.39 Å². The van der Waals surface area contributed by atoms with Gasteiger partial charge in [0.15, 0.2) is 0 Å². The third-order valence-corrected chi connectivity index (χ3v) is 17.1. The molecule has 8 heteroatoms. The van der Waals surface area contributed by atoms with Gasteiger partial charge in [0.2, 0.25) is 6.71 Å². The number of nitrogens with zero attached hydrogens (tertiary/aromatic N) is 4. The molecule has 0 saturated heterocycles. The number of imidazole rings is 1. The monoisotopic (exact) mass is 1190 g/mol. The molecule has 4 aromatic heterocycles. The van der Waals surface area contributed by atoms with E-state index in [1.54, 1.807) is 6.07 Å². The molecule has 0 atom stereocenters. The summed E-state index contributed by atoms with van der Waals surface area (Å²) in [7, 11) is 0. The second-order valence-electron chi connectivity index (χ2n) is 24.0. The van der Waals surface area contributed by atoms with Gasteiger partial charge in [-0.1, -0.05) is 145 Å². The van der Waals surface area contributed by atoms with Gasteiger partial charge in [0.1, 0.15) is 0 Å². The quantitative estimate of drug-likeness (QED) is 0.0983. The number of halogens is 1. The predicted octanol–water partition coefficient (Wildman–Crippen LogP) is 15.8. The van der Waals surface area contributed by atoms with Gasteiger partial charge in [-0.15, -0.1) is 59.5 Å². The van der Waals surface area contributed by atoms with E-state index in [-0.39, 0.29) is 48.9 Å². The number of fused-ring (bicyclic) bond motifs is 15. The first-order chi connectivity index (χ1) is 35.8. The van der Waals surface area contributed by atoms with Gasteiger partial charge in [0, 0.05) is 69.4 Å². The van der Waals surface area contributed by atoms with E-state index in [9.17, 15) is 4.39 Å². The molecular weight excluding hydrogens is 1130 g/mol. The predicted molar refractivity (Wildman–Crippen MR) is 316 cm³/mol. The minimum atomic E-state index is -0.275. The summed E-state index contributed by atoms with van der Waals surface area (Å²) in [6.45, 7) is 25.2. The summed E-state index contributed by atoms with van der Waals surface area (Å²) in [6, 6.07) is 59.2. The molecule has 4 nitrogen and oxygen atoms in total. The fraction of sp³-hybridized carbons (Fsp3) is 0.206. The van der Waals surface area contributed by atoms with Crippen LogP contribution in [0.15, 0.2) is 162 Å². The molecule has 0 unspecified atom stereocenters. The fourth-order valence-corrected chi connectivity index (χ4v) is 12.7. The fourth-order valence-electron chi connectivity index (χ4n) is 11.6. The Balaban J connectivity index is 0.000000315. The van der Waals surface area contributed by atoms with Crippen molar-refractivity contribution in [3.8, 4) is 28.1 Å². The first-order valence-electron chi connectivity index (χ1n) is 26.2. The van der Waals surface area contributed by atoms with Crippen molar-refractivity contribution in [2.45, 2.75) is 102 Å². The van der Waals surface area contributed by atoms with E-state index in [2.05, 4.69) is 204 Å². The number of aromatic nitrogens is 4. The van der Waals surface area contributed by atoms with Crippen molar-refractivity contribution in [1.82, 2.24) is 18.9 Å². The summed E-state index contributed by atoms with van der Waals surface area (Å²) in [6.07, 6.45) is 1.82. The Labute approximate surface area is 463 Å². The Kier molecular flexibility index (Phi) is 11.8. The van der Waals surface area contributed by atoms with Gasteiger partial charge in [0.05, 0.1) is 22.2 Å². The van der Waals surface area contributed by atoms with E-state index in [1.165, 1.54) is 110 Å². The van der Waals surface area contributed by atoms with Crippen LogP contribution in [0.5, 0.6) is 0 Å². The normalized spacial score (nSPS) is 13.1. The van der Waals surface area contributed by atoms with E-state index in [4.69, 9.17) is 4.98 Å². The Bertz CT molecular complexity index is 4380. The van der Waals surface area contributed by atoms with Crippen LogP contribution < -0.4 is 16.4 Å². The number of para-hydroxylation sites is 1. The summed E-state index contributed by atoms with van der Waals surface area (Å²) >= 11 is 1.94. The van der Waals surface area contributed by atoms with Crippen LogP contribution in [0.2, 0.25) is 0 Å². The van der Waals surface area contributed by atoms with Crippen molar-refractivity contribution in [3.05, 3.63) is 198 Å². The van der Waals surface area contributed by atoms with Gasteiger partial charge in [-0.2, -0.15) is 0 Å². The van der Waals surface area contributed by atoms with Crippen LogP contribution in [-0.2, 0) is 36.4 Å². The van der Waals surface area contributed by atoms with E-state index in [0.717, 1.165) is 44.4 Å². The summed E-state index contributed by atoms with van der Waals surface area (Å²) in [5.74, 6) is -0.275. The molecule has 2 aliphatic rings. The number of aryl methyl sites for hydroxylation is 2. The van der Waals surface area contributed by atoms with Gasteiger partial charge in [-0.25, -0.2) is 0 Å². The first-order valence-corrected chi connectivity index (χ1v) is 27.0. The minimum absolute atomic E-state index is 0. The molecule has 14 rings (SSSR count). The number of benzene rings is 8. The summed E-state index contributed by atoms with van der Waals surface area (Å²) in [5, 5.41) is 6.13. The Hall–Kier alpha value is -6.83. The van der Waals surface area contributed by atoms with Crippen LogP contribution in [-0.4, -0.2) is 25.6 Å². The maximum Gasteiger partial charge on any atom is 0.249 e. The van der Waals surface area contributed by atoms with Crippen molar-refractivity contribution >= 4 is 95.0 Å². The van der Waals surface area contributed by atoms with E-state index < -0.39 is 0 Å². The second-order valence-corrected chi connectivity index (χ2v) is 25.1. The zero-order valence-electron chi connectivity index (χ0n) is 44.9. The van der Waals surface area contributed by atoms with Gasteiger partial charge >= 0.3 is 0 Å². The smallest absolute Gasteiger partial charge is 0.249 e. The third-order valence-electron chi connectivity index (χ3n) is 15.9. The molecular formula is C68H58BFIrN4S-2. The van der Waals surface area contributed by atoms with Crippen LogP contribution >= 0.6 is 11.8 Å². The van der Waals surface area contributed by atoms with Crippen LogP contribution in [0, 0.1) is 31.8 Å². The van der Waals surface area contributed by atoms with Crippen LogP contribution in [0.1, 0.15) is 90.1 Å². The molecule has 0 bridgehead atoms. The molecule has 0 aliphatic carbocycles. The molecule has 76 heavy (non-hydrogen) atoms. The largest absolute Gasteiger partial charge is 0.333 e. The van der Waals surface area contributed by atoms with Crippen molar-refractivity contribution in [2.24, 2.45) is 0 Å². The molecule has 12 aromatic rings. The Morgan fingerprint density at radius 2 is 1.30 bits per heavy atom. The number of hydrogen-bond acceptors (Lipinski definition) is 3. The summed E-state index contributed by atoms with van der Waals surface area (Å²) in [5.41, 5.74) is 22.9. The average molecular weight is 1190 g/mol. The zero-order chi connectivity index (χ0) is 52.0. The maximum absolute atomic E-state index is 12.7. The van der Waals surface area contributed by atoms with Gasteiger partial charge in [-0.05, 0) is 140 Å². The maximum atomic E-state index is 12.7. The number of pyridine rings is 2. The molecule has 0 spiro atoms. The Morgan fingerprint density at radius 3 is 2.05 bits per heavy atom. The zero-order valence-corrected chi connectivity index (χ0v) is 48.1. The van der Waals surface area contributed by atoms with Crippen molar-refractivity contribution < 1.29 is 24.5 Å². The van der Waals surface area contributed by atoms with Gasteiger partial charge < -0.3 is 14.0 Å². The molecule has 0 fully saturated rings. The molecule has 1 radical (unpaired) electrons. The van der Waals surface area contributed by atoms with Crippen molar-refractivity contribution in [3.63, 3.8) is 0 Å². The third kappa shape index (κ3) is 8.05. The van der Waals surface area contributed by atoms with Crippen molar-refractivity contribution in [2.75, 3.05) is 0 Å². The standard InChI is InChI=1S/C55H47BN3S.C13H11FN.Ir/c1-53(2,3)33-19-22-45-39(27-33)40-28-35(55(7,8)9)30-42-51(40)58(45)47-25-32(26-49-50(47)56(42)41-29-34(54(4,5)6)20-23-48(41)60-49)31-18-21-43-46(24-31)59-44-17-13-12-15-37(44)36-14-10-11-16-38(36)52(59)57-43;1-9-7-13(15-8-10(9)2)11-3-5-12(14)6-4-11;/h10-15,17-30H,1-9H3;3,5-8H,1-2H3;/q2*-1;. The number of hydrogen-bond donors (Lipinski definition) is 0. The van der Waals surface area contributed by atoms with Gasteiger partial charge in [-0.3, -0.25) is 9.37 Å². The first kappa shape index (κ1) is 50.0. The molecule has 0 amide bonds. The molecule has 6 heterocycles. The topological polar surface area (TPSA) is 35.1 Å². The molecule has 0 N–H and O–H groups in total. The van der Waals surface area contributed by atoms with Crippen LogP contribution in [0.3, 0.4) is 0 Å². The average Bonchev–Trinajstić information content (AvgIpc) is 3.97. The summed E-state index contributed by atoms with van der Waals surface area (Å²) in [4.78, 5) is 12.2. The van der Waals surface area contributed by atoms with E-state index in [0.29, 0.717) is 0 Å². The van der Waals surface area contributed by atoms with E-state index in [1.807, 2.05) is 43.9 Å². The minimum Gasteiger partial charge on any atom is -0.333 e. The molecule has 2 aliphatic heterocycles. The van der Waals surface area contributed by atoms with Crippen molar-refractivity contribution in [1.29, 1.82) is 0 Å². The Morgan fingerprint density at radius 1 is 0.579 bits per heavy atom.